The van der Waals surface area contributed by atoms with Crippen LogP contribution in [0.25, 0.3) is 10.9 Å². The minimum absolute atomic E-state index is 0.177. The maximum absolute atomic E-state index is 12.1. The molecule has 0 aliphatic heterocycles. The monoisotopic (exact) mass is 263 g/mol. The number of nitrogens with one attached hydrogen (secondary N) is 2. The fourth-order valence-corrected chi connectivity index (χ4v) is 1.93. The van der Waals surface area contributed by atoms with Crippen molar-refractivity contribution in [1.29, 1.82) is 0 Å². The summed E-state index contributed by atoms with van der Waals surface area (Å²) in [6, 6.07) is 4.90. The molecule has 1 amide bonds. The van der Waals surface area contributed by atoms with Crippen LogP contribution in [0.4, 0.5) is 5.69 Å². The van der Waals surface area contributed by atoms with Crippen LogP contribution in [0, 0.1) is 0 Å². The maximum Gasteiger partial charge on any atom is 0.253 e. The molecular weight excluding hydrogens is 246 g/mol. The van der Waals surface area contributed by atoms with Gasteiger partial charge in [0.1, 0.15) is 0 Å². The van der Waals surface area contributed by atoms with Crippen molar-refractivity contribution in [3.63, 3.8) is 0 Å². The van der Waals surface area contributed by atoms with Crippen LogP contribution < -0.4 is 11.1 Å². The van der Waals surface area contributed by atoms with E-state index in [4.69, 9.17) is 15.6 Å². The van der Waals surface area contributed by atoms with Gasteiger partial charge in [-0.05, 0) is 18.2 Å². The van der Waals surface area contributed by atoms with Crippen molar-refractivity contribution in [2.45, 2.75) is 6.04 Å². The number of carbonyl (C=O) groups excluding carboxylic acids is 1. The van der Waals surface area contributed by atoms with Crippen LogP contribution in [0.3, 0.4) is 0 Å². The molecule has 5 N–H and O–H groups in total. The van der Waals surface area contributed by atoms with Gasteiger partial charge in [0, 0.05) is 29.9 Å². The number of benzene rings is 1. The number of aromatic nitrogens is 1. The second-order valence-corrected chi connectivity index (χ2v) is 4.32. The van der Waals surface area contributed by atoms with E-state index in [1.165, 1.54) is 7.11 Å². The standard InChI is InChI=1S/C13H17N3O3/c1-19-7-9(6-17)16-13(18)11-5-15-12-3-2-8(14)4-10(11)12/h2-5,9,15,17H,6-7,14H2,1H3,(H,16,18). The summed E-state index contributed by atoms with van der Waals surface area (Å²) in [6.45, 7) is 0.0802. The molecule has 6 nitrogen and oxygen atoms in total. The molecule has 1 heterocycles. The molecule has 0 saturated heterocycles. The lowest BCUT2D eigenvalue weighted by atomic mass is 10.1. The Bertz CT molecular complexity index is 580. The predicted octanol–water partition coefficient (Wildman–Crippen LogP) is 0.487. The largest absolute Gasteiger partial charge is 0.399 e. The van der Waals surface area contributed by atoms with Crippen LogP contribution >= 0.6 is 0 Å². The highest BCUT2D eigenvalue weighted by Gasteiger charge is 2.16. The van der Waals surface area contributed by atoms with E-state index in [2.05, 4.69) is 10.3 Å². The van der Waals surface area contributed by atoms with Crippen LogP contribution in [-0.2, 0) is 4.74 Å². The molecule has 2 rings (SSSR count). The molecule has 0 fully saturated rings. The molecule has 0 saturated carbocycles. The Kier molecular flexibility index (Phi) is 4.03. The summed E-state index contributed by atoms with van der Waals surface area (Å²) in [7, 11) is 1.52. The third-order valence-electron chi connectivity index (χ3n) is 2.87. The number of amides is 1. The number of aliphatic hydroxyl groups excluding tert-OH is 1. The zero-order valence-corrected chi connectivity index (χ0v) is 10.6. The van der Waals surface area contributed by atoms with Crippen molar-refractivity contribution in [3.05, 3.63) is 30.0 Å². The smallest absolute Gasteiger partial charge is 0.253 e. The van der Waals surface area contributed by atoms with Crippen molar-refractivity contribution in [2.24, 2.45) is 0 Å². The molecule has 1 unspecified atom stereocenters. The van der Waals surface area contributed by atoms with Crippen LogP contribution in [0.5, 0.6) is 0 Å². The summed E-state index contributed by atoms with van der Waals surface area (Å²) < 4.78 is 4.92. The molecule has 1 aromatic carbocycles. The Morgan fingerprint density at radius 3 is 3.05 bits per heavy atom. The van der Waals surface area contributed by atoms with E-state index in [0.717, 1.165) is 10.9 Å². The molecule has 19 heavy (non-hydrogen) atoms. The fourth-order valence-electron chi connectivity index (χ4n) is 1.93. The average Bonchev–Trinajstić information content (AvgIpc) is 2.81. The number of rotatable bonds is 5. The zero-order chi connectivity index (χ0) is 13.8. The van der Waals surface area contributed by atoms with E-state index < -0.39 is 6.04 Å². The van der Waals surface area contributed by atoms with E-state index in [1.807, 2.05) is 6.07 Å². The van der Waals surface area contributed by atoms with Crippen LogP contribution in [0.1, 0.15) is 10.4 Å². The number of carbonyl (C=O) groups is 1. The van der Waals surface area contributed by atoms with Gasteiger partial charge in [0.05, 0.1) is 24.8 Å². The van der Waals surface area contributed by atoms with Crippen molar-refractivity contribution >= 4 is 22.5 Å². The third-order valence-corrected chi connectivity index (χ3v) is 2.87. The van der Waals surface area contributed by atoms with E-state index >= 15 is 0 Å². The summed E-state index contributed by atoms with van der Waals surface area (Å²) >= 11 is 0. The minimum Gasteiger partial charge on any atom is -0.399 e. The quantitative estimate of drug-likeness (QED) is 0.590. The predicted molar refractivity (Wildman–Crippen MR) is 72.9 cm³/mol. The number of ether oxygens (including phenoxy) is 1. The summed E-state index contributed by atoms with van der Waals surface area (Å²) in [5, 5.41) is 12.6. The summed E-state index contributed by atoms with van der Waals surface area (Å²) in [4.78, 5) is 15.1. The van der Waals surface area contributed by atoms with Gasteiger partial charge in [-0.2, -0.15) is 0 Å². The highest BCUT2D eigenvalue weighted by molar-refractivity contribution is 6.07. The second-order valence-electron chi connectivity index (χ2n) is 4.32. The lowest BCUT2D eigenvalue weighted by Gasteiger charge is -2.14. The molecule has 1 atom stereocenters. The first-order chi connectivity index (χ1) is 9.15. The van der Waals surface area contributed by atoms with Crippen molar-refractivity contribution < 1.29 is 14.6 Å². The van der Waals surface area contributed by atoms with E-state index in [0.29, 0.717) is 11.3 Å². The average molecular weight is 263 g/mol. The first kappa shape index (κ1) is 13.4. The van der Waals surface area contributed by atoms with Crippen molar-refractivity contribution in [3.8, 4) is 0 Å². The molecule has 0 radical (unpaired) electrons. The van der Waals surface area contributed by atoms with E-state index in [1.54, 1.807) is 18.3 Å². The van der Waals surface area contributed by atoms with E-state index in [9.17, 15) is 4.79 Å². The fraction of sp³-hybridized carbons (Fsp3) is 0.308. The van der Waals surface area contributed by atoms with Gasteiger partial charge in [0.15, 0.2) is 0 Å². The van der Waals surface area contributed by atoms with Crippen molar-refractivity contribution in [1.82, 2.24) is 10.3 Å². The molecule has 2 aromatic rings. The SMILES string of the molecule is COCC(CO)NC(=O)c1c[nH]c2ccc(N)cc12. The number of hydrogen-bond acceptors (Lipinski definition) is 4. The van der Waals surface area contributed by atoms with E-state index in [-0.39, 0.29) is 19.1 Å². The summed E-state index contributed by atoms with van der Waals surface area (Å²) in [5.41, 5.74) is 7.65. The maximum atomic E-state index is 12.1. The van der Waals surface area contributed by atoms with Gasteiger partial charge in [-0.15, -0.1) is 0 Å². The molecule has 0 aliphatic carbocycles. The number of hydrogen-bond donors (Lipinski definition) is 4. The number of H-pyrrole nitrogens is 1. The minimum atomic E-state index is -0.427. The third kappa shape index (κ3) is 2.86. The number of aliphatic hydroxyl groups is 1. The van der Waals surface area contributed by atoms with Crippen molar-refractivity contribution in [2.75, 3.05) is 26.1 Å². The number of fused-ring (bicyclic) bond motifs is 1. The van der Waals surface area contributed by atoms with Crippen LogP contribution in [-0.4, -0.2) is 42.4 Å². The summed E-state index contributed by atoms with van der Waals surface area (Å²) in [6.07, 6.45) is 1.63. The lowest BCUT2D eigenvalue weighted by molar-refractivity contribution is 0.0841. The Morgan fingerprint density at radius 2 is 2.37 bits per heavy atom. The number of nitrogen functional groups attached to an aromatic ring is 1. The van der Waals surface area contributed by atoms with Gasteiger partial charge in [0.2, 0.25) is 0 Å². The van der Waals surface area contributed by atoms with Gasteiger partial charge >= 0.3 is 0 Å². The zero-order valence-electron chi connectivity index (χ0n) is 10.6. The Hall–Kier alpha value is -2.05. The highest BCUT2D eigenvalue weighted by Crippen LogP contribution is 2.20. The molecule has 0 aliphatic rings. The highest BCUT2D eigenvalue weighted by atomic mass is 16.5. The molecule has 102 valence electrons. The lowest BCUT2D eigenvalue weighted by Crippen LogP contribution is -2.40. The Morgan fingerprint density at radius 1 is 1.58 bits per heavy atom. The summed E-state index contributed by atoms with van der Waals surface area (Å²) in [5.74, 6) is -0.270. The number of aromatic amines is 1. The Labute approximate surface area is 110 Å². The number of anilines is 1. The van der Waals surface area contributed by atoms with Crippen LogP contribution in [0.15, 0.2) is 24.4 Å². The molecule has 6 heteroatoms. The van der Waals surface area contributed by atoms with Gasteiger partial charge in [-0.3, -0.25) is 4.79 Å². The first-order valence-electron chi connectivity index (χ1n) is 5.93. The molecule has 1 aromatic heterocycles. The topological polar surface area (TPSA) is 100 Å². The molecule has 0 spiro atoms. The first-order valence-corrected chi connectivity index (χ1v) is 5.93. The van der Waals surface area contributed by atoms with Gasteiger partial charge in [-0.25, -0.2) is 0 Å². The second kappa shape index (κ2) is 5.73. The van der Waals surface area contributed by atoms with Crippen LogP contribution in [0.2, 0.25) is 0 Å². The molecular formula is C13H17N3O3. The Balaban J connectivity index is 2.23. The molecule has 0 bridgehead atoms. The van der Waals surface area contributed by atoms with Gasteiger partial charge < -0.3 is 25.9 Å². The number of methoxy groups -OCH3 is 1. The van der Waals surface area contributed by atoms with Gasteiger partial charge in [0.25, 0.3) is 5.91 Å². The van der Waals surface area contributed by atoms with Gasteiger partial charge in [-0.1, -0.05) is 0 Å². The number of nitrogens with two attached hydrogens (primary N) is 1. The normalized spacial score (nSPS) is 12.5.